The second-order valence-electron chi connectivity index (χ2n) is 5.40. The molecule has 0 amide bonds. The Morgan fingerprint density at radius 1 is 0.842 bits per heavy atom. The number of unbranched alkanes of at least 4 members (excludes halogenated alkanes) is 7. The van der Waals surface area contributed by atoms with E-state index in [1.54, 1.807) is 7.05 Å². The van der Waals surface area contributed by atoms with Crippen molar-refractivity contribution < 1.29 is 13.2 Å². The summed E-state index contributed by atoms with van der Waals surface area (Å²) in [5.41, 5.74) is 0. The minimum absolute atomic E-state index is 0.0155. The molecule has 0 saturated carbocycles. The van der Waals surface area contributed by atoms with E-state index in [4.69, 9.17) is 0 Å². The van der Waals surface area contributed by atoms with Gasteiger partial charge in [-0.3, -0.25) is 0 Å². The minimum Gasteiger partial charge on any atom is -0.317 e. The van der Waals surface area contributed by atoms with E-state index < -0.39 is 12.6 Å². The summed E-state index contributed by atoms with van der Waals surface area (Å²) in [7, 11) is 1.76. The Hall–Kier alpha value is -0.250. The molecule has 19 heavy (non-hydrogen) atoms. The fraction of sp³-hybridized carbons (Fsp3) is 1.00. The number of rotatable bonds is 12. The smallest absolute Gasteiger partial charge is 0.317 e. The largest absolute Gasteiger partial charge is 0.389 e. The molecule has 1 nitrogen and oxygen atoms in total. The Morgan fingerprint density at radius 3 is 1.84 bits per heavy atom. The molecular formula is C15H30F3N. The SMILES string of the molecule is CCCCCCCCCCC(CCC(F)(F)F)NC. The first kappa shape index (κ1) is 18.8. The zero-order valence-corrected chi connectivity index (χ0v) is 12.5. The number of hydrogen-bond acceptors (Lipinski definition) is 1. The van der Waals surface area contributed by atoms with Crippen LogP contribution in [-0.4, -0.2) is 19.3 Å². The van der Waals surface area contributed by atoms with Gasteiger partial charge < -0.3 is 5.32 Å². The molecular weight excluding hydrogens is 251 g/mol. The van der Waals surface area contributed by atoms with E-state index in [1.807, 2.05) is 0 Å². The van der Waals surface area contributed by atoms with Crippen molar-refractivity contribution in [1.82, 2.24) is 5.32 Å². The van der Waals surface area contributed by atoms with Gasteiger partial charge in [-0.05, 0) is 19.9 Å². The van der Waals surface area contributed by atoms with Crippen molar-refractivity contribution in [3.8, 4) is 0 Å². The maximum Gasteiger partial charge on any atom is 0.389 e. The molecule has 0 spiro atoms. The van der Waals surface area contributed by atoms with Crippen LogP contribution in [0.4, 0.5) is 13.2 Å². The lowest BCUT2D eigenvalue weighted by Crippen LogP contribution is -2.27. The van der Waals surface area contributed by atoms with Crippen molar-refractivity contribution >= 4 is 0 Å². The number of halogens is 3. The number of hydrogen-bond donors (Lipinski definition) is 1. The van der Waals surface area contributed by atoms with E-state index in [0.717, 1.165) is 19.3 Å². The second kappa shape index (κ2) is 11.6. The Bertz CT molecular complexity index is 192. The van der Waals surface area contributed by atoms with Crippen LogP contribution < -0.4 is 5.32 Å². The predicted octanol–water partition coefficient (Wildman–Crippen LogP) is 5.45. The van der Waals surface area contributed by atoms with Gasteiger partial charge in [0.1, 0.15) is 0 Å². The van der Waals surface area contributed by atoms with Crippen LogP contribution in [0.3, 0.4) is 0 Å². The van der Waals surface area contributed by atoms with Gasteiger partial charge in [0.05, 0.1) is 0 Å². The molecule has 0 aromatic heterocycles. The van der Waals surface area contributed by atoms with E-state index in [1.165, 1.54) is 38.5 Å². The van der Waals surface area contributed by atoms with Gasteiger partial charge in [0.2, 0.25) is 0 Å². The molecule has 1 unspecified atom stereocenters. The molecule has 0 aliphatic rings. The fourth-order valence-electron chi connectivity index (χ4n) is 2.30. The van der Waals surface area contributed by atoms with E-state index >= 15 is 0 Å². The van der Waals surface area contributed by atoms with Gasteiger partial charge in [-0.25, -0.2) is 0 Å². The highest BCUT2D eigenvalue weighted by atomic mass is 19.4. The van der Waals surface area contributed by atoms with Gasteiger partial charge in [0, 0.05) is 12.5 Å². The highest BCUT2D eigenvalue weighted by Gasteiger charge is 2.27. The molecule has 1 N–H and O–H groups in total. The van der Waals surface area contributed by atoms with Crippen molar-refractivity contribution in [3.63, 3.8) is 0 Å². The molecule has 0 aliphatic carbocycles. The van der Waals surface area contributed by atoms with Crippen molar-refractivity contribution in [1.29, 1.82) is 0 Å². The molecule has 0 heterocycles. The van der Waals surface area contributed by atoms with Crippen molar-refractivity contribution in [3.05, 3.63) is 0 Å². The standard InChI is InChI=1S/C15H30F3N/c1-3-4-5-6-7-8-9-10-11-14(19-2)12-13-15(16,17)18/h14,19H,3-13H2,1-2H3. The third-order valence-electron chi connectivity index (χ3n) is 3.59. The first-order chi connectivity index (χ1) is 8.99. The van der Waals surface area contributed by atoms with Gasteiger partial charge in [-0.1, -0.05) is 58.3 Å². The van der Waals surface area contributed by atoms with Gasteiger partial charge in [-0.2, -0.15) is 13.2 Å². The van der Waals surface area contributed by atoms with Crippen LogP contribution in [0.5, 0.6) is 0 Å². The zero-order valence-electron chi connectivity index (χ0n) is 12.5. The van der Waals surface area contributed by atoms with Crippen LogP contribution in [0, 0.1) is 0 Å². The lowest BCUT2D eigenvalue weighted by atomic mass is 10.0. The molecule has 4 heteroatoms. The van der Waals surface area contributed by atoms with Crippen LogP contribution in [0.2, 0.25) is 0 Å². The quantitative estimate of drug-likeness (QED) is 0.469. The summed E-state index contributed by atoms with van der Waals surface area (Å²) >= 11 is 0. The van der Waals surface area contributed by atoms with Crippen LogP contribution in [-0.2, 0) is 0 Å². The Labute approximate surface area is 116 Å². The predicted molar refractivity (Wildman–Crippen MR) is 75.4 cm³/mol. The van der Waals surface area contributed by atoms with Crippen LogP contribution in [0.15, 0.2) is 0 Å². The summed E-state index contributed by atoms with van der Waals surface area (Å²) in [5, 5.41) is 2.99. The molecule has 0 aromatic rings. The van der Waals surface area contributed by atoms with E-state index in [0.29, 0.717) is 0 Å². The summed E-state index contributed by atoms with van der Waals surface area (Å²) < 4.78 is 36.3. The summed E-state index contributed by atoms with van der Waals surface area (Å²) in [5.74, 6) is 0. The minimum atomic E-state index is -4.02. The fourth-order valence-corrected chi connectivity index (χ4v) is 2.30. The summed E-state index contributed by atoms with van der Waals surface area (Å²) in [6, 6.07) is 0.0155. The third-order valence-corrected chi connectivity index (χ3v) is 3.59. The number of alkyl halides is 3. The van der Waals surface area contributed by atoms with Gasteiger partial charge in [0.15, 0.2) is 0 Å². The van der Waals surface area contributed by atoms with E-state index in [9.17, 15) is 13.2 Å². The van der Waals surface area contributed by atoms with Gasteiger partial charge >= 0.3 is 6.18 Å². The first-order valence-electron chi connectivity index (χ1n) is 7.73. The maximum atomic E-state index is 12.1. The molecule has 0 rings (SSSR count). The molecule has 1 atom stereocenters. The van der Waals surface area contributed by atoms with Crippen LogP contribution in [0.1, 0.15) is 77.6 Å². The Kier molecular flexibility index (Phi) is 11.4. The summed E-state index contributed by atoms with van der Waals surface area (Å²) in [6.45, 7) is 2.21. The zero-order chi connectivity index (χ0) is 14.6. The first-order valence-corrected chi connectivity index (χ1v) is 7.73. The van der Waals surface area contributed by atoms with Crippen LogP contribution >= 0.6 is 0 Å². The topological polar surface area (TPSA) is 12.0 Å². The Balaban J connectivity index is 3.41. The average Bonchev–Trinajstić information content (AvgIpc) is 2.35. The van der Waals surface area contributed by atoms with E-state index in [2.05, 4.69) is 12.2 Å². The third kappa shape index (κ3) is 14.0. The molecule has 0 bridgehead atoms. The maximum absolute atomic E-state index is 12.1. The molecule has 0 aliphatic heterocycles. The lowest BCUT2D eigenvalue weighted by Gasteiger charge is -2.17. The molecule has 116 valence electrons. The van der Waals surface area contributed by atoms with Crippen molar-refractivity contribution in [2.45, 2.75) is 89.8 Å². The van der Waals surface area contributed by atoms with Gasteiger partial charge in [0.25, 0.3) is 0 Å². The monoisotopic (exact) mass is 281 g/mol. The molecule has 0 saturated heterocycles. The molecule has 0 radical (unpaired) electrons. The highest BCUT2D eigenvalue weighted by Crippen LogP contribution is 2.23. The van der Waals surface area contributed by atoms with Crippen molar-refractivity contribution in [2.75, 3.05) is 7.05 Å². The second-order valence-corrected chi connectivity index (χ2v) is 5.40. The Morgan fingerprint density at radius 2 is 1.37 bits per heavy atom. The van der Waals surface area contributed by atoms with E-state index in [-0.39, 0.29) is 12.5 Å². The molecule has 0 fully saturated rings. The lowest BCUT2D eigenvalue weighted by molar-refractivity contribution is -0.136. The molecule has 0 aromatic carbocycles. The summed E-state index contributed by atoms with van der Waals surface area (Å²) in [6.07, 6.45) is 6.27. The summed E-state index contributed by atoms with van der Waals surface area (Å²) in [4.78, 5) is 0. The average molecular weight is 281 g/mol. The van der Waals surface area contributed by atoms with Gasteiger partial charge in [-0.15, -0.1) is 0 Å². The normalized spacial score (nSPS) is 13.7. The van der Waals surface area contributed by atoms with Crippen LogP contribution in [0.25, 0.3) is 0 Å². The van der Waals surface area contributed by atoms with Crippen molar-refractivity contribution in [2.24, 2.45) is 0 Å². The number of nitrogens with one attached hydrogen (secondary N) is 1. The highest BCUT2D eigenvalue weighted by molar-refractivity contribution is 4.67.